The molecular weight excluding hydrogens is 429 g/mol. The molecule has 1 aromatic heterocycles. The van der Waals surface area contributed by atoms with E-state index in [1.54, 1.807) is 7.11 Å². The molecule has 2 aromatic carbocycles. The number of nitrogens with zero attached hydrogens (tertiary/aromatic N) is 1. The maximum atomic E-state index is 12.7. The summed E-state index contributed by atoms with van der Waals surface area (Å²) >= 11 is 2.33. The first-order valence-electron chi connectivity index (χ1n) is 8.20. The molecule has 2 N–H and O–H groups in total. The van der Waals surface area contributed by atoms with Gasteiger partial charge in [-0.2, -0.15) is 5.10 Å². The van der Waals surface area contributed by atoms with Crippen LogP contribution in [0.1, 0.15) is 29.2 Å². The molecule has 126 valence electrons. The summed E-state index contributed by atoms with van der Waals surface area (Å²) in [4.78, 5) is 12.7. The summed E-state index contributed by atoms with van der Waals surface area (Å²) in [6.07, 6.45) is 0.827. The predicted octanol–water partition coefficient (Wildman–Crippen LogP) is 3.88. The Morgan fingerprint density at radius 2 is 2.20 bits per heavy atom. The van der Waals surface area contributed by atoms with E-state index < -0.39 is 5.41 Å². The number of halogens is 1. The van der Waals surface area contributed by atoms with Gasteiger partial charge in [-0.3, -0.25) is 9.89 Å². The highest BCUT2D eigenvalue weighted by Gasteiger charge is 2.65. The van der Waals surface area contributed by atoms with Gasteiger partial charge in [0.1, 0.15) is 5.75 Å². The van der Waals surface area contributed by atoms with Crippen molar-refractivity contribution in [2.45, 2.75) is 22.2 Å². The number of rotatable bonds is 3. The zero-order valence-corrected chi connectivity index (χ0v) is 15.8. The SMILES string of the molecule is COc1ccc2c(c1)[C@]1(C[C@H]1c1ccc3c(CI)[nH]nc3c1)C(=O)N2. The van der Waals surface area contributed by atoms with E-state index in [2.05, 4.69) is 56.3 Å². The quantitative estimate of drug-likeness (QED) is 0.475. The van der Waals surface area contributed by atoms with Gasteiger partial charge in [0, 0.05) is 21.4 Å². The van der Waals surface area contributed by atoms with Crippen LogP contribution >= 0.6 is 22.6 Å². The van der Waals surface area contributed by atoms with E-state index in [0.717, 1.165) is 44.4 Å². The largest absolute Gasteiger partial charge is 0.497 e. The van der Waals surface area contributed by atoms with Crippen LogP contribution in [-0.2, 0) is 14.6 Å². The molecule has 1 amide bonds. The van der Waals surface area contributed by atoms with Crippen molar-refractivity contribution >= 4 is 45.1 Å². The van der Waals surface area contributed by atoms with E-state index in [0.29, 0.717) is 0 Å². The summed E-state index contributed by atoms with van der Waals surface area (Å²) in [5, 5.41) is 11.7. The fourth-order valence-corrected chi connectivity index (χ4v) is 4.68. The Morgan fingerprint density at radius 3 is 3.00 bits per heavy atom. The molecular formula is C19H16IN3O2. The number of anilines is 1. The number of ether oxygens (including phenoxy) is 1. The molecule has 1 aliphatic carbocycles. The average molecular weight is 445 g/mol. The number of carbonyl (C=O) groups is 1. The Labute approximate surface area is 158 Å². The minimum Gasteiger partial charge on any atom is -0.497 e. The average Bonchev–Trinajstić information content (AvgIpc) is 3.17. The molecule has 3 aromatic rings. The Balaban J connectivity index is 1.58. The van der Waals surface area contributed by atoms with E-state index in [1.165, 1.54) is 5.56 Å². The number of hydrogen-bond donors (Lipinski definition) is 2. The maximum Gasteiger partial charge on any atom is 0.235 e. The van der Waals surface area contributed by atoms with Crippen molar-refractivity contribution in [3.8, 4) is 5.75 Å². The molecule has 0 bridgehead atoms. The van der Waals surface area contributed by atoms with E-state index in [-0.39, 0.29) is 11.8 Å². The molecule has 2 heterocycles. The van der Waals surface area contributed by atoms with Crippen molar-refractivity contribution in [2.24, 2.45) is 0 Å². The number of amides is 1. The van der Waals surface area contributed by atoms with Crippen molar-refractivity contribution < 1.29 is 9.53 Å². The highest BCUT2D eigenvalue weighted by atomic mass is 127. The standard InChI is InChI=1S/C19H16IN3O2/c1-25-11-3-5-15-13(7-11)19(18(24)21-15)8-14(19)10-2-4-12-16(6-10)22-23-17(12)9-20/h2-7,14H,8-9H2,1H3,(H,21,24)(H,22,23)/t14-,19-/m0/s1. The van der Waals surface area contributed by atoms with Gasteiger partial charge in [0.25, 0.3) is 0 Å². The lowest BCUT2D eigenvalue weighted by Crippen LogP contribution is -2.21. The zero-order chi connectivity index (χ0) is 17.2. The molecule has 2 atom stereocenters. The third-order valence-corrected chi connectivity index (χ3v) is 6.28. The first-order chi connectivity index (χ1) is 12.2. The van der Waals surface area contributed by atoms with Gasteiger partial charge in [0.2, 0.25) is 5.91 Å². The van der Waals surface area contributed by atoms with Crippen LogP contribution in [0.3, 0.4) is 0 Å². The van der Waals surface area contributed by atoms with Crippen molar-refractivity contribution in [3.63, 3.8) is 0 Å². The van der Waals surface area contributed by atoms with Crippen LogP contribution in [0, 0.1) is 0 Å². The van der Waals surface area contributed by atoms with Gasteiger partial charge in [-0.15, -0.1) is 0 Å². The molecule has 0 saturated heterocycles. The van der Waals surface area contributed by atoms with E-state index >= 15 is 0 Å². The molecule has 5 nitrogen and oxygen atoms in total. The second-order valence-corrected chi connectivity index (χ2v) is 7.47. The normalized spacial score (nSPS) is 23.8. The van der Waals surface area contributed by atoms with Crippen molar-refractivity contribution in [1.29, 1.82) is 0 Å². The number of carbonyl (C=O) groups excluding carboxylic acids is 1. The van der Waals surface area contributed by atoms with E-state index in [1.807, 2.05) is 18.2 Å². The Hall–Kier alpha value is -2.09. The highest BCUT2D eigenvalue weighted by Crippen LogP contribution is 2.65. The third kappa shape index (κ3) is 2.00. The van der Waals surface area contributed by atoms with Crippen LogP contribution < -0.4 is 10.1 Å². The number of aromatic nitrogens is 2. The number of aromatic amines is 1. The Morgan fingerprint density at radius 1 is 1.32 bits per heavy atom. The number of benzene rings is 2. The summed E-state index contributed by atoms with van der Waals surface area (Å²) in [5.41, 5.74) is 4.78. The van der Waals surface area contributed by atoms with E-state index in [9.17, 15) is 4.79 Å². The molecule has 0 radical (unpaired) electrons. The van der Waals surface area contributed by atoms with Gasteiger partial charge in [0.15, 0.2) is 0 Å². The molecule has 1 fully saturated rings. The molecule has 1 saturated carbocycles. The van der Waals surface area contributed by atoms with Crippen LogP contribution in [0.4, 0.5) is 5.69 Å². The lowest BCUT2D eigenvalue weighted by Gasteiger charge is -2.10. The van der Waals surface area contributed by atoms with Gasteiger partial charge in [-0.25, -0.2) is 0 Å². The van der Waals surface area contributed by atoms with Crippen molar-refractivity contribution in [2.75, 3.05) is 12.4 Å². The zero-order valence-electron chi connectivity index (χ0n) is 13.6. The topological polar surface area (TPSA) is 67.0 Å². The number of alkyl halides is 1. The van der Waals surface area contributed by atoms with Gasteiger partial charge in [0.05, 0.1) is 23.7 Å². The number of H-pyrrole nitrogens is 1. The number of methoxy groups -OCH3 is 1. The number of fused-ring (bicyclic) bond motifs is 3. The second kappa shape index (κ2) is 5.20. The number of hydrogen-bond acceptors (Lipinski definition) is 3. The molecule has 2 aliphatic rings. The number of nitrogens with one attached hydrogen (secondary N) is 2. The van der Waals surface area contributed by atoms with Gasteiger partial charge in [-0.1, -0.05) is 34.7 Å². The Bertz CT molecular complexity index is 1030. The fraction of sp³-hybridized carbons (Fsp3) is 0.263. The first kappa shape index (κ1) is 15.2. The lowest BCUT2D eigenvalue weighted by atomic mass is 9.91. The van der Waals surface area contributed by atoms with Crippen LogP contribution in [-0.4, -0.2) is 23.2 Å². The third-order valence-electron chi connectivity index (χ3n) is 5.52. The highest BCUT2D eigenvalue weighted by molar-refractivity contribution is 14.1. The van der Waals surface area contributed by atoms with Crippen molar-refractivity contribution in [1.82, 2.24) is 10.2 Å². The summed E-state index contributed by atoms with van der Waals surface area (Å²) in [7, 11) is 1.65. The van der Waals surface area contributed by atoms with Gasteiger partial charge >= 0.3 is 0 Å². The minimum atomic E-state index is -0.458. The van der Waals surface area contributed by atoms with E-state index in [4.69, 9.17) is 4.74 Å². The Kier molecular flexibility index (Phi) is 3.16. The molecule has 1 spiro atoms. The van der Waals surface area contributed by atoms with Crippen LogP contribution in [0.25, 0.3) is 10.9 Å². The molecule has 5 rings (SSSR count). The van der Waals surface area contributed by atoms with Crippen LogP contribution in [0.15, 0.2) is 36.4 Å². The minimum absolute atomic E-state index is 0.0934. The monoisotopic (exact) mass is 445 g/mol. The van der Waals surface area contributed by atoms with Crippen molar-refractivity contribution in [3.05, 3.63) is 53.2 Å². The summed E-state index contributed by atoms with van der Waals surface area (Å²) in [6, 6.07) is 12.2. The molecule has 6 heteroatoms. The van der Waals surface area contributed by atoms with Crippen LogP contribution in [0.2, 0.25) is 0 Å². The maximum absolute atomic E-state index is 12.7. The fourth-order valence-electron chi connectivity index (χ4n) is 4.10. The molecule has 1 aliphatic heterocycles. The molecule has 25 heavy (non-hydrogen) atoms. The smallest absolute Gasteiger partial charge is 0.235 e. The summed E-state index contributed by atoms with van der Waals surface area (Å²) < 4.78 is 6.25. The van der Waals surface area contributed by atoms with Gasteiger partial charge in [-0.05, 0) is 41.8 Å². The lowest BCUT2D eigenvalue weighted by molar-refractivity contribution is -0.118. The summed E-state index contributed by atoms with van der Waals surface area (Å²) in [5.74, 6) is 1.07. The summed E-state index contributed by atoms with van der Waals surface area (Å²) in [6.45, 7) is 0. The first-order valence-corrected chi connectivity index (χ1v) is 9.73. The van der Waals surface area contributed by atoms with Crippen LogP contribution in [0.5, 0.6) is 5.75 Å². The molecule has 0 unspecified atom stereocenters. The predicted molar refractivity (Wildman–Crippen MR) is 104 cm³/mol. The second-order valence-electron chi connectivity index (χ2n) is 6.71. The van der Waals surface area contributed by atoms with Gasteiger partial charge < -0.3 is 10.1 Å².